The van der Waals surface area contributed by atoms with Gasteiger partial charge in [-0.1, -0.05) is 35.9 Å². The summed E-state index contributed by atoms with van der Waals surface area (Å²) in [6.45, 7) is 2.20. The molecule has 2 nitrogen and oxygen atoms in total. The van der Waals surface area contributed by atoms with E-state index in [0.29, 0.717) is 17.7 Å². The first kappa shape index (κ1) is 14.4. The lowest BCUT2D eigenvalue weighted by molar-refractivity contribution is -0.274. The number of hydrogen-bond donors (Lipinski definition) is 1. The third-order valence-electron chi connectivity index (χ3n) is 2.80. The van der Waals surface area contributed by atoms with Crippen LogP contribution in [0.25, 0.3) is 11.1 Å². The lowest BCUT2D eigenvalue weighted by atomic mass is 9.99. The van der Waals surface area contributed by atoms with Crippen LogP contribution in [-0.4, -0.2) is 6.36 Å². The number of benzene rings is 2. The van der Waals surface area contributed by atoms with Gasteiger partial charge < -0.3 is 10.5 Å². The van der Waals surface area contributed by atoms with Crippen LogP contribution < -0.4 is 10.5 Å². The molecule has 0 radical (unpaired) electrons. The van der Waals surface area contributed by atoms with Gasteiger partial charge in [0.2, 0.25) is 0 Å². The Balaban J connectivity index is 2.50. The topological polar surface area (TPSA) is 35.2 Å². The number of rotatable bonds is 3. The van der Waals surface area contributed by atoms with Crippen LogP contribution in [0.2, 0.25) is 0 Å². The fraction of sp³-hybridized carbons (Fsp3) is 0.200. The fourth-order valence-electron chi connectivity index (χ4n) is 2.05. The van der Waals surface area contributed by atoms with Gasteiger partial charge in [-0.05, 0) is 30.2 Å². The maximum absolute atomic E-state index is 12.4. The van der Waals surface area contributed by atoms with Gasteiger partial charge in [-0.25, -0.2) is 0 Å². The largest absolute Gasteiger partial charge is 0.573 e. The van der Waals surface area contributed by atoms with E-state index in [-0.39, 0.29) is 5.75 Å². The highest BCUT2D eigenvalue weighted by Crippen LogP contribution is 2.34. The van der Waals surface area contributed by atoms with Gasteiger partial charge in [-0.15, -0.1) is 13.2 Å². The summed E-state index contributed by atoms with van der Waals surface area (Å²) in [4.78, 5) is 0. The van der Waals surface area contributed by atoms with Crippen LogP contribution in [0.4, 0.5) is 13.2 Å². The summed E-state index contributed by atoms with van der Waals surface area (Å²) in [5, 5.41) is 0. The van der Waals surface area contributed by atoms with Crippen molar-refractivity contribution >= 4 is 0 Å². The SMILES string of the molecule is Cc1cc(CN)cc(-c2ccccc2OC(F)(F)F)c1. The van der Waals surface area contributed by atoms with E-state index in [0.717, 1.165) is 11.1 Å². The standard InChI is InChI=1S/C15H14F3NO/c1-10-6-11(9-19)8-12(7-10)13-4-2-3-5-14(13)20-15(16,17)18/h2-8H,9,19H2,1H3. The molecule has 0 aliphatic rings. The van der Waals surface area contributed by atoms with E-state index in [1.807, 2.05) is 13.0 Å². The van der Waals surface area contributed by atoms with E-state index in [1.54, 1.807) is 24.3 Å². The van der Waals surface area contributed by atoms with Crippen LogP contribution in [-0.2, 0) is 6.54 Å². The van der Waals surface area contributed by atoms with Crippen molar-refractivity contribution in [3.8, 4) is 16.9 Å². The van der Waals surface area contributed by atoms with Crippen molar-refractivity contribution in [2.24, 2.45) is 5.73 Å². The second kappa shape index (κ2) is 5.54. The number of nitrogens with two attached hydrogens (primary N) is 1. The predicted octanol–water partition coefficient (Wildman–Crippen LogP) is 4.02. The van der Waals surface area contributed by atoms with Gasteiger partial charge in [0.15, 0.2) is 0 Å². The average Bonchev–Trinajstić information content (AvgIpc) is 2.36. The Labute approximate surface area is 115 Å². The minimum atomic E-state index is -4.71. The minimum Gasteiger partial charge on any atom is -0.405 e. The molecule has 20 heavy (non-hydrogen) atoms. The zero-order chi connectivity index (χ0) is 14.8. The number of aryl methyl sites for hydroxylation is 1. The van der Waals surface area contributed by atoms with Crippen molar-refractivity contribution in [2.45, 2.75) is 19.8 Å². The highest BCUT2D eigenvalue weighted by Gasteiger charge is 2.32. The molecule has 0 aliphatic carbocycles. The first-order chi connectivity index (χ1) is 9.39. The molecule has 2 aromatic carbocycles. The molecule has 0 spiro atoms. The molecule has 2 rings (SSSR count). The van der Waals surface area contributed by atoms with Gasteiger partial charge in [0.1, 0.15) is 5.75 Å². The van der Waals surface area contributed by atoms with Gasteiger partial charge in [0.25, 0.3) is 0 Å². The van der Waals surface area contributed by atoms with Crippen LogP contribution in [0.15, 0.2) is 42.5 Å². The number of halogens is 3. The molecule has 0 aromatic heterocycles. The molecule has 0 unspecified atom stereocenters. The minimum absolute atomic E-state index is 0.214. The Bertz CT molecular complexity index is 608. The smallest absolute Gasteiger partial charge is 0.405 e. The van der Waals surface area contributed by atoms with E-state index in [4.69, 9.17) is 5.73 Å². The van der Waals surface area contributed by atoms with Crippen LogP contribution in [0, 0.1) is 6.92 Å². The molecular formula is C15H14F3NO. The van der Waals surface area contributed by atoms with Gasteiger partial charge in [0, 0.05) is 12.1 Å². The molecule has 0 amide bonds. The van der Waals surface area contributed by atoms with Crippen molar-refractivity contribution in [3.05, 3.63) is 53.6 Å². The molecule has 106 valence electrons. The highest BCUT2D eigenvalue weighted by atomic mass is 19.4. The highest BCUT2D eigenvalue weighted by molar-refractivity contribution is 5.71. The summed E-state index contributed by atoms with van der Waals surface area (Å²) in [5.41, 5.74) is 8.44. The Hall–Kier alpha value is -2.01. The number of alkyl halides is 3. The molecule has 0 heterocycles. The summed E-state index contributed by atoms with van der Waals surface area (Å²) in [6, 6.07) is 11.5. The Kier molecular flexibility index (Phi) is 3.99. The zero-order valence-electron chi connectivity index (χ0n) is 10.9. The maximum Gasteiger partial charge on any atom is 0.573 e. The normalized spacial score (nSPS) is 11.4. The van der Waals surface area contributed by atoms with E-state index in [9.17, 15) is 13.2 Å². The summed E-state index contributed by atoms with van der Waals surface area (Å²) in [7, 11) is 0. The van der Waals surface area contributed by atoms with Crippen molar-refractivity contribution in [1.82, 2.24) is 0 Å². The molecule has 0 atom stereocenters. The fourth-order valence-corrected chi connectivity index (χ4v) is 2.05. The van der Waals surface area contributed by atoms with Crippen molar-refractivity contribution < 1.29 is 17.9 Å². The molecule has 2 N–H and O–H groups in total. The average molecular weight is 281 g/mol. The summed E-state index contributed by atoms with van der Waals surface area (Å²) >= 11 is 0. The molecule has 5 heteroatoms. The lowest BCUT2D eigenvalue weighted by Crippen LogP contribution is -2.17. The third-order valence-corrected chi connectivity index (χ3v) is 2.80. The Morgan fingerprint density at radius 3 is 2.45 bits per heavy atom. The van der Waals surface area contributed by atoms with Gasteiger partial charge >= 0.3 is 6.36 Å². The van der Waals surface area contributed by atoms with Crippen LogP contribution >= 0.6 is 0 Å². The number of ether oxygens (including phenoxy) is 1. The molecule has 0 aliphatic heterocycles. The van der Waals surface area contributed by atoms with Gasteiger partial charge in [-0.2, -0.15) is 0 Å². The maximum atomic E-state index is 12.4. The van der Waals surface area contributed by atoms with E-state index < -0.39 is 6.36 Å². The van der Waals surface area contributed by atoms with Crippen molar-refractivity contribution in [2.75, 3.05) is 0 Å². The van der Waals surface area contributed by atoms with E-state index in [2.05, 4.69) is 4.74 Å². The lowest BCUT2D eigenvalue weighted by Gasteiger charge is -2.14. The van der Waals surface area contributed by atoms with Gasteiger partial charge in [-0.3, -0.25) is 0 Å². The Morgan fingerprint density at radius 1 is 1.10 bits per heavy atom. The Morgan fingerprint density at radius 2 is 1.80 bits per heavy atom. The zero-order valence-corrected chi connectivity index (χ0v) is 10.9. The van der Waals surface area contributed by atoms with Crippen molar-refractivity contribution in [3.63, 3.8) is 0 Å². The second-order valence-electron chi connectivity index (χ2n) is 4.46. The molecular weight excluding hydrogens is 267 g/mol. The summed E-state index contributed by atoms with van der Waals surface area (Å²) < 4.78 is 41.3. The second-order valence-corrected chi connectivity index (χ2v) is 4.46. The number of hydrogen-bond acceptors (Lipinski definition) is 2. The quantitative estimate of drug-likeness (QED) is 0.922. The molecule has 0 bridgehead atoms. The first-order valence-electron chi connectivity index (χ1n) is 6.05. The third kappa shape index (κ3) is 3.51. The van der Waals surface area contributed by atoms with Crippen molar-refractivity contribution in [1.29, 1.82) is 0 Å². The first-order valence-corrected chi connectivity index (χ1v) is 6.05. The molecule has 0 saturated carbocycles. The van der Waals surface area contributed by atoms with Crippen LogP contribution in [0.1, 0.15) is 11.1 Å². The number of para-hydroxylation sites is 1. The molecule has 2 aromatic rings. The van der Waals surface area contributed by atoms with E-state index >= 15 is 0 Å². The van der Waals surface area contributed by atoms with Crippen LogP contribution in [0.5, 0.6) is 5.75 Å². The molecule has 0 saturated heterocycles. The van der Waals surface area contributed by atoms with Gasteiger partial charge in [0.05, 0.1) is 0 Å². The van der Waals surface area contributed by atoms with Crippen LogP contribution in [0.3, 0.4) is 0 Å². The van der Waals surface area contributed by atoms with E-state index in [1.165, 1.54) is 12.1 Å². The summed E-state index contributed by atoms with van der Waals surface area (Å²) in [6.07, 6.45) is -4.71. The monoisotopic (exact) mass is 281 g/mol. The predicted molar refractivity (Wildman–Crippen MR) is 71.2 cm³/mol. The molecule has 0 fully saturated rings. The summed E-state index contributed by atoms with van der Waals surface area (Å²) in [5.74, 6) is -0.214.